The van der Waals surface area contributed by atoms with E-state index in [2.05, 4.69) is 0 Å². The van der Waals surface area contributed by atoms with Crippen molar-refractivity contribution in [2.45, 2.75) is 27.4 Å². The van der Waals surface area contributed by atoms with Crippen molar-refractivity contribution < 1.29 is 31.5 Å². The Bertz CT molecular complexity index is 697. The number of esters is 1. The van der Waals surface area contributed by atoms with Gasteiger partial charge in [0.2, 0.25) is 0 Å². The fraction of sp³-hybridized carbons (Fsp3) is 0.438. The average molecular weight is 369 g/mol. The largest absolute Gasteiger partial charge is 0.460 e. The normalized spacial score (nSPS) is 21.4. The molecule has 0 bridgehead atoms. The number of halogens is 6. The molecule has 0 aromatic heterocycles. The first kappa shape index (κ1) is 18.7. The summed E-state index contributed by atoms with van der Waals surface area (Å²) in [5.74, 6) is -6.40. The van der Waals surface area contributed by atoms with E-state index in [1.807, 2.05) is 0 Å². The summed E-state index contributed by atoms with van der Waals surface area (Å²) in [5.41, 5.74) is -1.96. The fourth-order valence-corrected chi connectivity index (χ4v) is 3.00. The Morgan fingerprint density at radius 1 is 1.21 bits per heavy atom. The van der Waals surface area contributed by atoms with Crippen LogP contribution in [0.2, 0.25) is 5.02 Å². The highest BCUT2D eigenvalue weighted by atomic mass is 35.5. The van der Waals surface area contributed by atoms with Gasteiger partial charge in [0.15, 0.2) is 11.6 Å². The van der Waals surface area contributed by atoms with E-state index in [-0.39, 0.29) is 0 Å². The Balaban J connectivity index is 2.16. The highest BCUT2D eigenvalue weighted by Gasteiger charge is 2.62. The summed E-state index contributed by atoms with van der Waals surface area (Å²) in [6.07, 6.45) is -1.26. The van der Waals surface area contributed by atoms with Crippen LogP contribution in [0.4, 0.5) is 22.0 Å². The Hall–Kier alpha value is -1.63. The van der Waals surface area contributed by atoms with Crippen LogP contribution >= 0.6 is 11.6 Å². The molecule has 1 saturated carbocycles. The first-order chi connectivity index (χ1) is 11.0. The summed E-state index contributed by atoms with van der Waals surface area (Å²) in [6, 6.07) is 0. The first-order valence-electron chi connectivity index (χ1n) is 7.01. The van der Waals surface area contributed by atoms with Crippen molar-refractivity contribution in [2.75, 3.05) is 0 Å². The van der Waals surface area contributed by atoms with Crippen molar-refractivity contribution in [2.24, 2.45) is 17.3 Å². The lowest BCUT2D eigenvalue weighted by atomic mass is 10.1. The number of benzene rings is 1. The minimum atomic E-state index is -1.92. The molecule has 2 atom stereocenters. The van der Waals surface area contributed by atoms with Crippen LogP contribution in [0.5, 0.6) is 0 Å². The molecule has 0 radical (unpaired) electrons. The fourth-order valence-electron chi connectivity index (χ4n) is 2.72. The molecule has 1 aliphatic carbocycles. The first-order valence-corrected chi connectivity index (χ1v) is 7.38. The highest BCUT2D eigenvalue weighted by molar-refractivity contribution is 6.31. The van der Waals surface area contributed by atoms with Gasteiger partial charge in [-0.05, 0) is 18.4 Å². The molecule has 8 heteroatoms. The third-order valence-electron chi connectivity index (χ3n) is 4.40. The van der Waals surface area contributed by atoms with Crippen LogP contribution in [-0.2, 0) is 16.1 Å². The highest BCUT2D eigenvalue weighted by Crippen LogP contribution is 2.60. The zero-order valence-corrected chi connectivity index (χ0v) is 13.8. The second-order valence-electron chi connectivity index (χ2n) is 6.25. The van der Waals surface area contributed by atoms with E-state index in [4.69, 9.17) is 16.3 Å². The van der Waals surface area contributed by atoms with Gasteiger partial charge in [-0.1, -0.05) is 25.4 Å². The summed E-state index contributed by atoms with van der Waals surface area (Å²) in [6.45, 7) is 3.42. The van der Waals surface area contributed by atoms with Crippen molar-refractivity contribution in [1.82, 2.24) is 0 Å². The monoisotopic (exact) mass is 368 g/mol. The van der Waals surface area contributed by atoms with Crippen LogP contribution in [0, 0.1) is 41.6 Å². The molecule has 1 aromatic rings. The molecule has 0 heterocycles. The van der Waals surface area contributed by atoms with Gasteiger partial charge in [0.05, 0.1) is 10.9 Å². The second-order valence-corrected chi connectivity index (χ2v) is 6.63. The van der Waals surface area contributed by atoms with Crippen molar-refractivity contribution in [1.29, 1.82) is 0 Å². The quantitative estimate of drug-likeness (QED) is 0.417. The SMILES string of the molecule is Cc1c(F)c(F)c(COC(=O)[C@@H]2[C@@H](C=C(F)F)C2(C)C)c(Cl)c1F. The summed E-state index contributed by atoms with van der Waals surface area (Å²) < 4.78 is 70.6. The van der Waals surface area contributed by atoms with Gasteiger partial charge in [-0.15, -0.1) is 0 Å². The molecular weight excluding hydrogens is 355 g/mol. The zero-order valence-electron chi connectivity index (χ0n) is 13.0. The van der Waals surface area contributed by atoms with Crippen molar-refractivity contribution in [3.63, 3.8) is 0 Å². The standard InChI is InChI=1S/C16H14ClF5O2/c1-6-12(20)11(17)7(14(22)13(6)21)5-24-15(23)10-8(4-9(18)19)16(10,2)3/h4,8,10H,5H2,1-3H3/t8-,10+/m1/s1. The Morgan fingerprint density at radius 3 is 2.33 bits per heavy atom. The molecule has 132 valence electrons. The lowest BCUT2D eigenvalue weighted by Crippen LogP contribution is -2.13. The predicted molar refractivity (Wildman–Crippen MR) is 76.9 cm³/mol. The average Bonchev–Trinajstić information content (AvgIpc) is 3.02. The minimum absolute atomic E-state index is 0.584. The summed E-state index contributed by atoms with van der Waals surface area (Å²) >= 11 is 5.63. The molecule has 0 unspecified atom stereocenters. The zero-order chi connectivity index (χ0) is 18.4. The van der Waals surface area contributed by atoms with E-state index in [9.17, 15) is 26.7 Å². The maximum absolute atomic E-state index is 13.8. The van der Waals surface area contributed by atoms with Crippen LogP contribution < -0.4 is 0 Å². The number of rotatable bonds is 4. The van der Waals surface area contributed by atoms with E-state index in [1.54, 1.807) is 13.8 Å². The number of hydrogen-bond acceptors (Lipinski definition) is 2. The molecule has 2 nitrogen and oxygen atoms in total. The molecule has 1 aliphatic rings. The molecule has 0 aliphatic heterocycles. The van der Waals surface area contributed by atoms with Gasteiger partial charge in [-0.25, -0.2) is 13.2 Å². The van der Waals surface area contributed by atoms with Gasteiger partial charge in [0, 0.05) is 17.0 Å². The number of allylic oxidation sites excluding steroid dienone is 1. The van der Waals surface area contributed by atoms with E-state index < -0.39 is 69.5 Å². The van der Waals surface area contributed by atoms with Crippen LogP contribution in [-0.4, -0.2) is 5.97 Å². The number of hydrogen-bond donors (Lipinski definition) is 0. The molecular formula is C16H14ClF5O2. The van der Waals surface area contributed by atoms with Crippen LogP contribution in [0.15, 0.2) is 12.2 Å². The van der Waals surface area contributed by atoms with Gasteiger partial charge in [-0.3, -0.25) is 4.79 Å². The summed E-state index contributed by atoms with van der Waals surface area (Å²) in [7, 11) is 0. The third-order valence-corrected chi connectivity index (χ3v) is 4.80. The van der Waals surface area contributed by atoms with Gasteiger partial charge in [-0.2, -0.15) is 8.78 Å². The lowest BCUT2D eigenvalue weighted by Gasteiger charge is -2.11. The number of carbonyl (C=O) groups is 1. The molecule has 1 fully saturated rings. The van der Waals surface area contributed by atoms with Gasteiger partial charge < -0.3 is 4.74 Å². The second kappa shape index (κ2) is 6.35. The van der Waals surface area contributed by atoms with E-state index in [1.165, 1.54) is 0 Å². The van der Waals surface area contributed by atoms with Crippen LogP contribution in [0.25, 0.3) is 0 Å². The maximum atomic E-state index is 13.8. The van der Waals surface area contributed by atoms with Crippen molar-refractivity contribution in [3.05, 3.63) is 45.8 Å². The van der Waals surface area contributed by atoms with Crippen molar-refractivity contribution in [3.8, 4) is 0 Å². The Kier molecular flexibility index (Phi) is 4.95. The molecule has 0 N–H and O–H groups in total. The lowest BCUT2D eigenvalue weighted by molar-refractivity contribution is -0.147. The van der Waals surface area contributed by atoms with Gasteiger partial charge >= 0.3 is 5.97 Å². The molecule has 1 aromatic carbocycles. The van der Waals surface area contributed by atoms with Gasteiger partial charge in [0.1, 0.15) is 12.4 Å². The molecule has 2 rings (SSSR count). The smallest absolute Gasteiger partial charge is 0.310 e. The van der Waals surface area contributed by atoms with Crippen molar-refractivity contribution >= 4 is 17.6 Å². The van der Waals surface area contributed by atoms with E-state index in [0.29, 0.717) is 6.08 Å². The van der Waals surface area contributed by atoms with Gasteiger partial charge in [0.25, 0.3) is 6.08 Å². The third kappa shape index (κ3) is 3.14. The number of carbonyl (C=O) groups excluding carboxylic acids is 1. The summed E-state index contributed by atoms with van der Waals surface area (Å²) in [4.78, 5) is 12.0. The summed E-state index contributed by atoms with van der Waals surface area (Å²) in [5, 5.41) is -0.680. The minimum Gasteiger partial charge on any atom is -0.460 e. The topological polar surface area (TPSA) is 26.3 Å². The van der Waals surface area contributed by atoms with E-state index >= 15 is 0 Å². The number of ether oxygens (including phenoxy) is 1. The maximum Gasteiger partial charge on any atom is 0.310 e. The molecule has 0 saturated heterocycles. The molecule has 0 spiro atoms. The van der Waals surface area contributed by atoms with E-state index in [0.717, 1.165) is 6.92 Å². The molecule has 24 heavy (non-hydrogen) atoms. The predicted octanol–water partition coefficient (Wildman–Crippen LogP) is 5.16. The Labute approximate surface area is 140 Å². The van der Waals surface area contributed by atoms with Crippen LogP contribution in [0.3, 0.4) is 0 Å². The van der Waals surface area contributed by atoms with Crippen LogP contribution in [0.1, 0.15) is 25.0 Å². The molecule has 0 amide bonds. The Morgan fingerprint density at radius 2 is 1.79 bits per heavy atom.